The molecule has 0 aliphatic heterocycles. The highest BCUT2D eigenvalue weighted by atomic mass is 16.2. The van der Waals surface area contributed by atoms with Gasteiger partial charge in [-0.05, 0) is 12.1 Å². The summed E-state index contributed by atoms with van der Waals surface area (Å²) in [5, 5.41) is 8.18. The summed E-state index contributed by atoms with van der Waals surface area (Å²) in [4.78, 5) is 26.8. The molecule has 0 spiro atoms. The molecular weight excluding hydrogens is 246 g/mol. The Kier molecular flexibility index (Phi) is 3.19. The van der Waals surface area contributed by atoms with Crippen molar-refractivity contribution in [3.05, 3.63) is 36.0 Å². The normalized spacial score (nSPS) is 10.3. The number of carbonyl (C=O) groups is 2. The van der Waals surface area contributed by atoms with Crippen LogP contribution in [0, 0.1) is 5.41 Å². The van der Waals surface area contributed by atoms with E-state index in [9.17, 15) is 9.59 Å². The zero-order valence-corrected chi connectivity index (χ0v) is 10.0. The van der Waals surface area contributed by atoms with Gasteiger partial charge in [-0.15, -0.1) is 0 Å². The lowest BCUT2D eigenvalue weighted by Crippen LogP contribution is -2.46. The molecule has 7 heteroatoms. The number of carbonyl (C=O) groups excluding carboxylic acids is 2. The number of fused-ring (bicyclic) bond motifs is 1. The minimum atomic E-state index is -0.736. The highest BCUT2D eigenvalue weighted by molar-refractivity contribution is 6.07. The molecule has 0 saturated carbocycles. The van der Waals surface area contributed by atoms with Crippen molar-refractivity contribution in [1.29, 1.82) is 5.41 Å². The first-order chi connectivity index (χ1) is 8.99. The number of hydrogen-bond acceptors (Lipinski definition) is 3. The van der Waals surface area contributed by atoms with E-state index in [1.807, 2.05) is 24.3 Å². The zero-order valence-electron chi connectivity index (χ0n) is 10.0. The van der Waals surface area contributed by atoms with Gasteiger partial charge in [0.1, 0.15) is 12.2 Å². The Morgan fingerprint density at radius 1 is 1.26 bits per heavy atom. The molecule has 1 heterocycles. The number of nitrogens with one attached hydrogen (secondary N) is 2. The second-order valence-electron chi connectivity index (χ2n) is 4.01. The van der Waals surface area contributed by atoms with Crippen LogP contribution < -0.4 is 11.5 Å². The topological polar surface area (TPSA) is 129 Å². The molecule has 0 aliphatic rings. The average Bonchev–Trinajstić information content (AvgIpc) is 2.78. The number of nitrogens with two attached hydrogens (primary N) is 2. The largest absolute Gasteiger partial charge is 0.370 e. The van der Waals surface area contributed by atoms with Crippen LogP contribution in [0.25, 0.3) is 10.9 Å². The molecule has 0 saturated heterocycles. The molecule has 0 fully saturated rings. The number of nitrogens with zero attached hydrogens (tertiary/aromatic N) is 1. The van der Waals surface area contributed by atoms with Gasteiger partial charge in [0.05, 0.1) is 0 Å². The third-order valence-electron chi connectivity index (χ3n) is 2.61. The summed E-state index contributed by atoms with van der Waals surface area (Å²) in [6.45, 7) is -0.427. The summed E-state index contributed by atoms with van der Waals surface area (Å²) in [6, 6.07) is 8.97. The van der Waals surface area contributed by atoms with E-state index in [2.05, 4.69) is 4.98 Å². The predicted octanol–water partition coefficient (Wildman–Crippen LogP) is -0.0111. The lowest BCUT2D eigenvalue weighted by Gasteiger charge is -2.17. The lowest BCUT2D eigenvalue weighted by molar-refractivity contribution is -0.118. The van der Waals surface area contributed by atoms with Gasteiger partial charge in [0, 0.05) is 10.9 Å². The summed E-state index contributed by atoms with van der Waals surface area (Å²) in [7, 11) is 0. The predicted molar refractivity (Wildman–Crippen MR) is 70.4 cm³/mol. The standard InChI is InChI=1S/C12H13N5O2/c13-10(18)6-17(12(14)15)11(19)9-5-7-3-1-2-4-8(7)16-9/h1-5,16H,6H2,(H2,13,18)(H3,14,15). The minimum absolute atomic E-state index is 0.248. The second kappa shape index (κ2) is 4.81. The second-order valence-corrected chi connectivity index (χ2v) is 4.01. The monoisotopic (exact) mass is 259 g/mol. The van der Waals surface area contributed by atoms with Gasteiger partial charge in [-0.1, -0.05) is 18.2 Å². The Morgan fingerprint density at radius 2 is 1.95 bits per heavy atom. The van der Waals surface area contributed by atoms with Gasteiger partial charge in [0.15, 0.2) is 5.96 Å². The number of rotatable bonds is 3. The molecule has 2 rings (SSSR count). The molecule has 6 N–H and O–H groups in total. The molecule has 0 atom stereocenters. The molecule has 7 nitrogen and oxygen atoms in total. The third kappa shape index (κ3) is 2.54. The number of aromatic nitrogens is 1. The Balaban J connectivity index is 2.35. The Morgan fingerprint density at radius 3 is 2.53 bits per heavy atom. The van der Waals surface area contributed by atoms with Crippen LogP contribution >= 0.6 is 0 Å². The van der Waals surface area contributed by atoms with Crippen LogP contribution in [0.3, 0.4) is 0 Å². The first-order valence-corrected chi connectivity index (χ1v) is 5.51. The number of amides is 2. The Bertz CT molecular complexity index is 628. The van der Waals surface area contributed by atoms with Crippen LogP contribution in [0.15, 0.2) is 30.3 Å². The fraction of sp³-hybridized carbons (Fsp3) is 0.0833. The molecule has 0 unspecified atom stereocenters. The van der Waals surface area contributed by atoms with Gasteiger partial charge in [0.2, 0.25) is 5.91 Å². The third-order valence-corrected chi connectivity index (χ3v) is 2.61. The van der Waals surface area contributed by atoms with Crippen molar-refractivity contribution in [2.45, 2.75) is 0 Å². The summed E-state index contributed by atoms with van der Waals surface area (Å²) in [6.07, 6.45) is 0. The number of benzene rings is 1. The SMILES string of the molecule is N=C(N)N(CC(N)=O)C(=O)c1cc2ccccc2[nH]1. The molecule has 0 bridgehead atoms. The van der Waals surface area contributed by atoms with Crippen molar-refractivity contribution in [3.63, 3.8) is 0 Å². The molecule has 2 amide bonds. The maximum atomic E-state index is 12.2. The van der Waals surface area contributed by atoms with Crippen LogP contribution in [0.4, 0.5) is 0 Å². The van der Waals surface area contributed by atoms with Crippen molar-refractivity contribution in [1.82, 2.24) is 9.88 Å². The van der Waals surface area contributed by atoms with E-state index in [-0.39, 0.29) is 5.69 Å². The van der Waals surface area contributed by atoms with E-state index in [1.165, 1.54) is 0 Å². The van der Waals surface area contributed by atoms with E-state index < -0.39 is 24.3 Å². The lowest BCUT2D eigenvalue weighted by atomic mass is 10.2. The maximum absolute atomic E-state index is 12.2. The van der Waals surface area contributed by atoms with E-state index in [1.54, 1.807) is 6.07 Å². The van der Waals surface area contributed by atoms with Crippen molar-refractivity contribution in [2.75, 3.05) is 6.54 Å². The molecule has 0 radical (unpaired) electrons. The van der Waals surface area contributed by atoms with Crippen molar-refractivity contribution in [2.24, 2.45) is 11.5 Å². The highest BCUT2D eigenvalue weighted by Gasteiger charge is 2.21. The van der Waals surface area contributed by atoms with E-state index in [4.69, 9.17) is 16.9 Å². The van der Waals surface area contributed by atoms with Crippen LogP contribution in [-0.4, -0.2) is 34.2 Å². The molecule has 1 aromatic carbocycles. The summed E-state index contributed by atoms with van der Waals surface area (Å²) >= 11 is 0. The average molecular weight is 259 g/mol. The fourth-order valence-corrected chi connectivity index (χ4v) is 1.76. The fourth-order valence-electron chi connectivity index (χ4n) is 1.76. The van der Waals surface area contributed by atoms with Gasteiger partial charge >= 0.3 is 0 Å². The van der Waals surface area contributed by atoms with Crippen molar-refractivity contribution < 1.29 is 9.59 Å². The quantitative estimate of drug-likeness (QED) is 0.457. The zero-order chi connectivity index (χ0) is 14.0. The molecule has 1 aromatic heterocycles. The molecule has 19 heavy (non-hydrogen) atoms. The van der Waals surface area contributed by atoms with Crippen LogP contribution in [0.5, 0.6) is 0 Å². The van der Waals surface area contributed by atoms with Crippen LogP contribution in [0.2, 0.25) is 0 Å². The van der Waals surface area contributed by atoms with E-state index in [0.717, 1.165) is 15.8 Å². The van der Waals surface area contributed by atoms with Gasteiger partial charge < -0.3 is 16.5 Å². The van der Waals surface area contributed by atoms with Crippen LogP contribution in [-0.2, 0) is 4.79 Å². The first-order valence-electron chi connectivity index (χ1n) is 5.51. The number of guanidine groups is 1. The first kappa shape index (κ1) is 12.6. The Hall–Kier alpha value is -2.83. The van der Waals surface area contributed by atoms with Crippen molar-refractivity contribution >= 4 is 28.7 Å². The molecule has 2 aromatic rings. The maximum Gasteiger partial charge on any atom is 0.277 e. The van der Waals surface area contributed by atoms with Crippen molar-refractivity contribution in [3.8, 4) is 0 Å². The van der Waals surface area contributed by atoms with Gasteiger partial charge in [0.25, 0.3) is 5.91 Å². The molecule has 0 aliphatic carbocycles. The van der Waals surface area contributed by atoms with Gasteiger partial charge in [-0.2, -0.15) is 0 Å². The van der Waals surface area contributed by atoms with E-state index >= 15 is 0 Å². The van der Waals surface area contributed by atoms with E-state index in [0.29, 0.717) is 0 Å². The van der Waals surface area contributed by atoms with Crippen LogP contribution in [0.1, 0.15) is 10.5 Å². The summed E-state index contributed by atoms with van der Waals surface area (Å²) in [5.74, 6) is -1.83. The van der Waals surface area contributed by atoms with Gasteiger partial charge in [-0.25, -0.2) is 0 Å². The number of hydrogen-bond donors (Lipinski definition) is 4. The minimum Gasteiger partial charge on any atom is -0.370 e. The number of H-pyrrole nitrogens is 1. The smallest absolute Gasteiger partial charge is 0.277 e. The summed E-state index contributed by atoms with van der Waals surface area (Å²) in [5.41, 5.74) is 11.3. The number of primary amides is 1. The van der Waals surface area contributed by atoms with Gasteiger partial charge in [-0.3, -0.25) is 19.9 Å². The molecule has 98 valence electrons. The number of para-hydroxylation sites is 1. The Labute approximate surface area is 108 Å². The molecular formula is C12H13N5O2. The summed E-state index contributed by atoms with van der Waals surface area (Å²) < 4.78 is 0. The highest BCUT2D eigenvalue weighted by Crippen LogP contribution is 2.15. The number of aromatic amines is 1.